The van der Waals surface area contributed by atoms with Crippen LogP contribution in [0.2, 0.25) is 0 Å². The van der Waals surface area contributed by atoms with E-state index in [2.05, 4.69) is 29.6 Å². The highest BCUT2D eigenvalue weighted by atomic mass is 16.1. The largest absolute Gasteiger partial charge is 0.353 e. The average Bonchev–Trinajstić information content (AvgIpc) is 3.27. The molecular weight excluding hydrogens is 272 g/mol. The van der Waals surface area contributed by atoms with Gasteiger partial charge in [-0.2, -0.15) is 0 Å². The molecule has 22 heavy (non-hydrogen) atoms. The van der Waals surface area contributed by atoms with Crippen molar-refractivity contribution >= 4 is 5.91 Å². The molecule has 120 valence electrons. The molecule has 1 unspecified atom stereocenters. The van der Waals surface area contributed by atoms with Crippen molar-refractivity contribution in [2.75, 3.05) is 0 Å². The number of carbonyl (C=O) groups excluding carboxylic acids is 1. The number of amides is 1. The topological polar surface area (TPSA) is 55.1 Å². The van der Waals surface area contributed by atoms with E-state index in [1.54, 1.807) is 0 Å². The van der Waals surface area contributed by atoms with E-state index in [0.717, 1.165) is 32.1 Å². The third-order valence-corrected chi connectivity index (χ3v) is 5.27. The van der Waals surface area contributed by atoms with Crippen LogP contribution >= 0.6 is 0 Å². The lowest BCUT2D eigenvalue weighted by atomic mass is 9.91. The zero-order valence-electron chi connectivity index (χ0n) is 13.6. The van der Waals surface area contributed by atoms with Crippen molar-refractivity contribution in [3.63, 3.8) is 0 Å². The van der Waals surface area contributed by atoms with E-state index in [9.17, 15) is 4.79 Å². The molecule has 0 saturated heterocycles. The van der Waals surface area contributed by atoms with E-state index in [1.165, 1.54) is 30.4 Å². The lowest BCUT2D eigenvalue weighted by molar-refractivity contribution is -0.125. The van der Waals surface area contributed by atoms with Gasteiger partial charge in [0, 0.05) is 17.5 Å². The van der Waals surface area contributed by atoms with Gasteiger partial charge in [0.25, 0.3) is 0 Å². The molecule has 3 heteroatoms. The van der Waals surface area contributed by atoms with Crippen LogP contribution in [0.3, 0.4) is 0 Å². The second kappa shape index (κ2) is 6.41. The van der Waals surface area contributed by atoms with Crippen molar-refractivity contribution in [2.45, 2.75) is 69.9 Å². The molecule has 0 aromatic heterocycles. The van der Waals surface area contributed by atoms with Crippen LogP contribution in [0.15, 0.2) is 24.3 Å². The Kier molecular flexibility index (Phi) is 4.53. The summed E-state index contributed by atoms with van der Waals surface area (Å²) in [6.45, 7) is 2.03. The van der Waals surface area contributed by atoms with Crippen molar-refractivity contribution in [1.29, 1.82) is 0 Å². The van der Waals surface area contributed by atoms with Crippen LogP contribution in [0.25, 0.3) is 0 Å². The van der Waals surface area contributed by atoms with Gasteiger partial charge in [0.05, 0.1) is 0 Å². The van der Waals surface area contributed by atoms with Gasteiger partial charge < -0.3 is 11.1 Å². The third-order valence-electron chi connectivity index (χ3n) is 5.27. The van der Waals surface area contributed by atoms with E-state index in [-0.39, 0.29) is 17.4 Å². The highest BCUT2D eigenvalue weighted by Gasteiger charge is 2.41. The fraction of sp³-hybridized carbons (Fsp3) is 0.632. The Hall–Kier alpha value is -1.35. The zero-order chi connectivity index (χ0) is 15.6. The Morgan fingerprint density at radius 1 is 1.27 bits per heavy atom. The summed E-state index contributed by atoms with van der Waals surface area (Å²) in [5.41, 5.74) is 8.73. The molecule has 3 nitrogen and oxygen atoms in total. The summed E-state index contributed by atoms with van der Waals surface area (Å²) in [5.74, 6) is 0.203. The quantitative estimate of drug-likeness (QED) is 0.877. The second-order valence-electron chi connectivity index (χ2n) is 7.26. The SMILES string of the molecule is CC(Cc1ccccc1C1(N)CC1)C(=O)NC1CCCCC1. The van der Waals surface area contributed by atoms with Crippen LogP contribution < -0.4 is 11.1 Å². The maximum absolute atomic E-state index is 12.4. The first-order valence-corrected chi connectivity index (χ1v) is 8.76. The van der Waals surface area contributed by atoms with Crippen LogP contribution in [0.4, 0.5) is 0 Å². The van der Waals surface area contributed by atoms with Gasteiger partial charge in [-0.15, -0.1) is 0 Å². The molecule has 0 aliphatic heterocycles. The van der Waals surface area contributed by atoms with Gasteiger partial charge in [0.15, 0.2) is 0 Å². The van der Waals surface area contributed by atoms with Crippen molar-refractivity contribution in [3.05, 3.63) is 35.4 Å². The molecule has 1 amide bonds. The fourth-order valence-corrected chi connectivity index (χ4v) is 3.60. The first-order valence-electron chi connectivity index (χ1n) is 8.76. The summed E-state index contributed by atoms with van der Waals surface area (Å²) in [6.07, 6.45) is 9.00. The number of hydrogen-bond acceptors (Lipinski definition) is 2. The molecule has 1 atom stereocenters. The van der Waals surface area contributed by atoms with Crippen LogP contribution in [-0.4, -0.2) is 11.9 Å². The molecule has 3 N–H and O–H groups in total. The predicted molar refractivity (Wildman–Crippen MR) is 89.4 cm³/mol. The molecule has 2 aliphatic carbocycles. The van der Waals surface area contributed by atoms with Crippen molar-refractivity contribution < 1.29 is 4.79 Å². The minimum atomic E-state index is -0.129. The first-order chi connectivity index (χ1) is 10.6. The first kappa shape index (κ1) is 15.5. The summed E-state index contributed by atoms with van der Waals surface area (Å²) in [5, 5.41) is 3.24. The maximum Gasteiger partial charge on any atom is 0.223 e. The molecule has 2 saturated carbocycles. The number of nitrogens with one attached hydrogen (secondary N) is 1. The molecule has 0 bridgehead atoms. The Labute approximate surface area is 133 Å². The average molecular weight is 300 g/mol. The number of hydrogen-bond donors (Lipinski definition) is 2. The third kappa shape index (κ3) is 3.52. The van der Waals surface area contributed by atoms with Crippen LogP contribution in [-0.2, 0) is 16.8 Å². The normalized spacial score (nSPS) is 22.1. The van der Waals surface area contributed by atoms with Gasteiger partial charge in [-0.3, -0.25) is 4.79 Å². The lowest BCUT2D eigenvalue weighted by Gasteiger charge is -2.25. The highest BCUT2D eigenvalue weighted by molar-refractivity contribution is 5.79. The minimum absolute atomic E-state index is 0.00502. The smallest absolute Gasteiger partial charge is 0.223 e. The molecule has 1 aromatic rings. The van der Waals surface area contributed by atoms with Crippen LogP contribution in [0.1, 0.15) is 63.0 Å². The molecule has 1 aromatic carbocycles. The number of benzene rings is 1. The molecule has 0 radical (unpaired) electrons. The van der Waals surface area contributed by atoms with Gasteiger partial charge in [-0.05, 0) is 43.2 Å². The summed E-state index contributed by atoms with van der Waals surface area (Å²) in [6, 6.07) is 8.76. The molecule has 3 rings (SSSR count). The van der Waals surface area contributed by atoms with E-state index in [0.29, 0.717) is 6.04 Å². The molecule has 2 aliphatic rings. The molecule has 0 heterocycles. The second-order valence-corrected chi connectivity index (χ2v) is 7.26. The van der Waals surface area contributed by atoms with Gasteiger partial charge in [0.2, 0.25) is 5.91 Å². The number of rotatable bonds is 5. The van der Waals surface area contributed by atoms with E-state index >= 15 is 0 Å². The monoisotopic (exact) mass is 300 g/mol. The maximum atomic E-state index is 12.4. The number of nitrogens with two attached hydrogens (primary N) is 1. The van der Waals surface area contributed by atoms with Gasteiger partial charge in [-0.25, -0.2) is 0 Å². The van der Waals surface area contributed by atoms with Crippen LogP contribution in [0.5, 0.6) is 0 Å². The van der Waals surface area contributed by atoms with Crippen LogP contribution in [0, 0.1) is 5.92 Å². The Balaban J connectivity index is 1.61. The Morgan fingerprint density at radius 3 is 2.64 bits per heavy atom. The number of carbonyl (C=O) groups is 1. The molecule has 2 fully saturated rings. The van der Waals surface area contributed by atoms with Gasteiger partial charge >= 0.3 is 0 Å². The van der Waals surface area contributed by atoms with E-state index in [1.807, 2.05) is 6.92 Å². The summed E-state index contributed by atoms with van der Waals surface area (Å²) < 4.78 is 0. The van der Waals surface area contributed by atoms with E-state index < -0.39 is 0 Å². The fourth-order valence-electron chi connectivity index (χ4n) is 3.60. The minimum Gasteiger partial charge on any atom is -0.353 e. The predicted octanol–water partition coefficient (Wildman–Crippen LogP) is 3.26. The lowest BCUT2D eigenvalue weighted by Crippen LogP contribution is -2.39. The Morgan fingerprint density at radius 2 is 1.95 bits per heavy atom. The zero-order valence-corrected chi connectivity index (χ0v) is 13.6. The highest BCUT2D eigenvalue weighted by Crippen LogP contribution is 2.44. The molecular formula is C19H28N2O. The Bertz CT molecular complexity index is 530. The standard InChI is InChI=1S/C19H28N2O/c1-14(18(22)21-16-8-3-2-4-9-16)13-15-7-5-6-10-17(15)19(20)11-12-19/h5-7,10,14,16H,2-4,8-9,11-13,20H2,1H3,(H,21,22). The summed E-state index contributed by atoms with van der Waals surface area (Å²) in [7, 11) is 0. The van der Waals surface area contributed by atoms with E-state index in [4.69, 9.17) is 5.73 Å². The molecule has 0 spiro atoms. The van der Waals surface area contributed by atoms with Crippen molar-refractivity contribution in [3.8, 4) is 0 Å². The summed E-state index contributed by atoms with van der Waals surface area (Å²) in [4.78, 5) is 12.4. The van der Waals surface area contributed by atoms with Crippen molar-refractivity contribution in [1.82, 2.24) is 5.32 Å². The van der Waals surface area contributed by atoms with Gasteiger partial charge in [0.1, 0.15) is 0 Å². The summed E-state index contributed by atoms with van der Waals surface area (Å²) >= 11 is 0. The van der Waals surface area contributed by atoms with Gasteiger partial charge in [-0.1, -0.05) is 50.5 Å². The van der Waals surface area contributed by atoms with Crippen molar-refractivity contribution in [2.24, 2.45) is 11.7 Å².